The summed E-state index contributed by atoms with van der Waals surface area (Å²) in [5.74, 6) is 0.508. The molecule has 24 heavy (non-hydrogen) atoms. The molecule has 2 aromatic rings. The second-order valence-corrected chi connectivity index (χ2v) is 5.80. The monoisotopic (exact) mass is 328 g/mol. The molecule has 0 saturated carbocycles. The van der Waals surface area contributed by atoms with Crippen molar-refractivity contribution in [3.8, 4) is 5.75 Å². The third-order valence-electron chi connectivity index (χ3n) is 4.17. The highest BCUT2D eigenvalue weighted by atomic mass is 19.1. The van der Waals surface area contributed by atoms with Gasteiger partial charge in [-0.3, -0.25) is 9.69 Å². The van der Waals surface area contributed by atoms with Crippen LogP contribution in [0.15, 0.2) is 54.6 Å². The fourth-order valence-corrected chi connectivity index (χ4v) is 2.76. The summed E-state index contributed by atoms with van der Waals surface area (Å²) in [7, 11) is 0. The number of piperazine rings is 1. The molecule has 0 atom stereocenters. The molecule has 3 rings (SSSR count). The third kappa shape index (κ3) is 4.32. The minimum absolute atomic E-state index is 0.0952. The molecule has 1 fully saturated rings. The van der Waals surface area contributed by atoms with Gasteiger partial charge in [-0.05, 0) is 36.4 Å². The number of benzene rings is 2. The highest BCUT2D eigenvalue weighted by Gasteiger charge is 2.21. The minimum Gasteiger partial charge on any atom is -0.492 e. The van der Waals surface area contributed by atoms with Crippen molar-refractivity contribution >= 4 is 5.91 Å². The normalized spacial score (nSPS) is 15.3. The van der Waals surface area contributed by atoms with Crippen LogP contribution in [0.3, 0.4) is 0 Å². The van der Waals surface area contributed by atoms with E-state index in [0.717, 1.165) is 38.3 Å². The van der Waals surface area contributed by atoms with Crippen molar-refractivity contribution in [2.75, 3.05) is 39.3 Å². The molecule has 0 aromatic heterocycles. The summed E-state index contributed by atoms with van der Waals surface area (Å²) in [4.78, 5) is 16.6. The van der Waals surface area contributed by atoms with Crippen LogP contribution in [0.4, 0.5) is 4.39 Å². The maximum absolute atomic E-state index is 12.8. The number of carbonyl (C=O) groups excluding carboxylic acids is 1. The third-order valence-corrected chi connectivity index (χ3v) is 4.17. The lowest BCUT2D eigenvalue weighted by Gasteiger charge is -2.34. The molecule has 0 aliphatic carbocycles. The molecule has 1 aliphatic heterocycles. The first kappa shape index (κ1) is 16.5. The maximum Gasteiger partial charge on any atom is 0.253 e. The smallest absolute Gasteiger partial charge is 0.253 e. The van der Waals surface area contributed by atoms with Gasteiger partial charge in [0.25, 0.3) is 5.91 Å². The van der Waals surface area contributed by atoms with E-state index in [1.54, 1.807) is 12.1 Å². The van der Waals surface area contributed by atoms with E-state index < -0.39 is 0 Å². The van der Waals surface area contributed by atoms with Gasteiger partial charge in [-0.1, -0.05) is 18.2 Å². The molecule has 1 aliphatic rings. The predicted molar refractivity (Wildman–Crippen MR) is 90.7 cm³/mol. The van der Waals surface area contributed by atoms with Crippen molar-refractivity contribution < 1.29 is 13.9 Å². The van der Waals surface area contributed by atoms with Gasteiger partial charge in [-0.25, -0.2) is 4.39 Å². The molecule has 1 saturated heterocycles. The molecule has 126 valence electrons. The van der Waals surface area contributed by atoms with Crippen molar-refractivity contribution in [3.05, 3.63) is 66.0 Å². The average molecular weight is 328 g/mol. The Hall–Kier alpha value is -2.40. The lowest BCUT2D eigenvalue weighted by Crippen LogP contribution is -2.49. The van der Waals surface area contributed by atoms with Gasteiger partial charge in [0.2, 0.25) is 0 Å². The molecule has 1 amide bonds. The van der Waals surface area contributed by atoms with Crippen LogP contribution < -0.4 is 4.74 Å². The Balaban J connectivity index is 1.40. The summed E-state index contributed by atoms with van der Waals surface area (Å²) in [6, 6.07) is 15.4. The molecule has 0 spiro atoms. The summed E-state index contributed by atoms with van der Waals surface area (Å²) in [6.45, 7) is 4.48. The van der Waals surface area contributed by atoms with E-state index in [-0.39, 0.29) is 11.7 Å². The maximum atomic E-state index is 12.8. The molecule has 2 aromatic carbocycles. The Morgan fingerprint density at radius 2 is 1.62 bits per heavy atom. The predicted octanol–water partition coefficient (Wildman–Crippen LogP) is 2.66. The van der Waals surface area contributed by atoms with Crippen LogP contribution in [0.1, 0.15) is 10.4 Å². The van der Waals surface area contributed by atoms with Crippen LogP contribution in [0.2, 0.25) is 0 Å². The van der Waals surface area contributed by atoms with E-state index in [1.165, 1.54) is 12.1 Å². The number of nitrogens with zero attached hydrogens (tertiary/aromatic N) is 2. The zero-order chi connectivity index (χ0) is 16.8. The standard InChI is InChI=1S/C19H21FN2O2/c20-17-6-8-18(9-7-17)24-15-14-21-10-12-22(13-11-21)19(23)16-4-2-1-3-5-16/h1-9H,10-15H2. The zero-order valence-corrected chi connectivity index (χ0v) is 13.5. The van der Waals surface area contributed by atoms with Gasteiger partial charge in [0, 0.05) is 38.3 Å². The number of amides is 1. The van der Waals surface area contributed by atoms with E-state index in [9.17, 15) is 9.18 Å². The van der Waals surface area contributed by atoms with Gasteiger partial charge in [0.1, 0.15) is 18.2 Å². The van der Waals surface area contributed by atoms with Gasteiger partial charge in [-0.2, -0.15) is 0 Å². The first-order chi connectivity index (χ1) is 11.7. The second kappa shape index (κ2) is 7.93. The van der Waals surface area contributed by atoms with Crippen molar-refractivity contribution in [2.24, 2.45) is 0 Å². The Kier molecular flexibility index (Phi) is 5.43. The van der Waals surface area contributed by atoms with Crippen molar-refractivity contribution in [1.29, 1.82) is 0 Å². The van der Waals surface area contributed by atoms with Crippen molar-refractivity contribution in [3.63, 3.8) is 0 Å². The van der Waals surface area contributed by atoms with E-state index in [1.807, 2.05) is 35.2 Å². The van der Waals surface area contributed by atoms with Crippen molar-refractivity contribution in [1.82, 2.24) is 9.80 Å². The highest BCUT2D eigenvalue weighted by molar-refractivity contribution is 5.94. The number of carbonyl (C=O) groups is 1. The SMILES string of the molecule is O=C(c1ccccc1)N1CCN(CCOc2ccc(F)cc2)CC1. The van der Waals surface area contributed by atoms with Crippen LogP contribution in [-0.4, -0.2) is 55.0 Å². The van der Waals surface area contributed by atoms with E-state index >= 15 is 0 Å². The molecule has 5 heteroatoms. The van der Waals surface area contributed by atoms with Gasteiger partial charge < -0.3 is 9.64 Å². The summed E-state index contributed by atoms with van der Waals surface area (Å²) in [6.07, 6.45) is 0. The molecule has 1 heterocycles. The summed E-state index contributed by atoms with van der Waals surface area (Å²) < 4.78 is 18.4. The van der Waals surface area contributed by atoms with Crippen LogP contribution in [-0.2, 0) is 0 Å². The van der Waals surface area contributed by atoms with Crippen LogP contribution in [0, 0.1) is 5.82 Å². The molecule has 4 nitrogen and oxygen atoms in total. The molecule has 0 N–H and O–H groups in total. The van der Waals surface area contributed by atoms with E-state index in [0.29, 0.717) is 12.4 Å². The van der Waals surface area contributed by atoms with Crippen LogP contribution in [0.25, 0.3) is 0 Å². The van der Waals surface area contributed by atoms with Crippen LogP contribution >= 0.6 is 0 Å². The summed E-state index contributed by atoms with van der Waals surface area (Å²) in [5.41, 5.74) is 0.741. The fourth-order valence-electron chi connectivity index (χ4n) is 2.76. The number of hydrogen-bond donors (Lipinski definition) is 0. The topological polar surface area (TPSA) is 32.8 Å². The van der Waals surface area contributed by atoms with Gasteiger partial charge in [0.05, 0.1) is 0 Å². The lowest BCUT2D eigenvalue weighted by molar-refractivity contribution is 0.0620. The zero-order valence-electron chi connectivity index (χ0n) is 13.5. The molecule has 0 bridgehead atoms. The molecular weight excluding hydrogens is 307 g/mol. The fraction of sp³-hybridized carbons (Fsp3) is 0.316. The Morgan fingerprint density at radius 3 is 2.29 bits per heavy atom. The van der Waals surface area contributed by atoms with E-state index in [4.69, 9.17) is 4.74 Å². The Bertz CT molecular complexity index is 653. The molecular formula is C19H21FN2O2. The Labute approximate surface area is 141 Å². The largest absolute Gasteiger partial charge is 0.492 e. The number of halogens is 1. The van der Waals surface area contributed by atoms with Gasteiger partial charge in [-0.15, -0.1) is 0 Å². The Morgan fingerprint density at radius 1 is 0.958 bits per heavy atom. The average Bonchev–Trinajstić information content (AvgIpc) is 2.64. The number of rotatable bonds is 5. The highest BCUT2D eigenvalue weighted by Crippen LogP contribution is 2.12. The van der Waals surface area contributed by atoms with E-state index in [2.05, 4.69) is 4.90 Å². The quantitative estimate of drug-likeness (QED) is 0.846. The molecule has 0 radical (unpaired) electrons. The summed E-state index contributed by atoms with van der Waals surface area (Å²) in [5, 5.41) is 0. The van der Waals surface area contributed by atoms with Crippen LogP contribution in [0.5, 0.6) is 5.75 Å². The number of hydrogen-bond acceptors (Lipinski definition) is 3. The van der Waals surface area contributed by atoms with Gasteiger partial charge in [0.15, 0.2) is 0 Å². The summed E-state index contributed by atoms with van der Waals surface area (Å²) >= 11 is 0. The number of ether oxygens (including phenoxy) is 1. The van der Waals surface area contributed by atoms with Crippen molar-refractivity contribution in [2.45, 2.75) is 0 Å². The minimum atomic E-state index is -0.262. The van der Waals surface area contributed by atoms with Gasteiger partial charge >= 0.3 is 0 Å². The lowest BCUT2D eigenvalue weighted by atomic mass is 10.2. The second-order valence-electron chi connectivity index (χ2n) is 5.80. The molecule has 0 unspecified atom stereocenters. The first-order valence-corrected chi connectivity index (χ1v) is 8.17. The first-order valence-electron chi connectivity index (χ1n) is 8.17.